The van der Waals surface area contributed by atoms with Gasteiger partial charge in [0.2, 0.25) is 5.91 Å². The molecule has 3 aromatic heterocycles. The standard InChI is InChI=1S/C26H26N4O3S2/c1-13-4-6-16(15(3)8-13)18-11-34-24-22(18)26(33)30(12-28-24)10-20(31)29-25-21(23(27)32)17-7-5-14(2)9-19(17)35-25/h4,6,8,11-12,14H,5,7,9-10H2,1-3H3,(H2,27,32)(H,29,31). The minimum atomic E-state index is -0.538. The maximum Gasteiger partial charge on any atom is 0.263 e. The van der Waals surface area contributed by atoms with Crippen LogP contribution in [0.1, 0.15) is 45.3 Å². The lowest BCUT2D eigenvalue weighted by atomic mass is 9.88. The zero-order valence-corrected chi connectivity index (χ0v) is 21.4. The second-order valence-electron chi connectivity index (χ2n) is 9.29. The van der Waals surface area contributed by atoms with Crippen molar-refractivity contribution in [2.45, 2.75) is 46.6 Å². The summed E-state index contributed by atoms with van der Waals surface area (Å²) >= 11 is 2.82. The lowest BCUT2D eigenvalue weighted by Crippen LogP contribution is -2.28. The summed E-state index contributed by atoms with van der Waals surface area (Å²) in [6.07, 6.45) is 4.04. The number of amides is 2. The number of nitrogens with two attached hydrogens (primary N) is 1. The molecule has 1 aliphatic rings. The zero-order valence-electron chi connectivity index (χ0n) is 19.8. The van der Waals surface area contributed by atoms with Crippen LogP contribution in [0.5, 0.6) is 0 Å². The zero-order chi connectivity index (χ0) is 24.9. The van der Waals surface area contributed by atoms with Crippen molar-refractivity contribution in [3.63, 3.8) is 0 Å². The summed E-state index contributed by atoms with van der Waals surface area (Å²) in [7, 11) is 0. The number of carbonyl (C=O) groups is 2. The van der Waals surface area contributed by atoms with E-state index in [1.165, 1.54) is 33.6 Å². The first kappa shape index (κ1) is 23.4. The Morgan fingerprint density at radius 2 is 2.06 bits per heavy atom. The maximum atomic E-state index is 13.4. The van der Waals surface area contributed by atoms with E-state index in [0.717, 1.165) is 52.0 Å². The summed E-state index contributed by atoms with van der Waals surface area (Å²) in [5.41, 5.74) is 10.8. The molecule has 1 aromatic carbocycles. The summed E-state index contributed by atoms with van der Waals surface area (Å²) in [6, 6.07) is 6.12. The summed E-state index contributed by atoms with van der Waals surface area (Å²) in [6.45, 7) is 6.02. The molecule has 0 spiro atoms. The number of aromatic nitrogens is 2. The average Bonchev–Trinajstić information content (AvgIpc) is 3.37. The number of fused-ring (bicyclic) bond motifs is 2. The van der Waals surface area contributed by atoms with Crippen LogP contribution in [0, 0.1) is 19.8 Å². The third kappa shape index (κ3) is 4.30. The Morgan fingerprint density at radius 3 is 2.80 bits per heavy atom. The fraction of sp³-hybridized carbons (Fsp3) is 0.308. The van der Waals surface area contributed by atoms with Gasteiger partial charge in [0, 0.05) is 15.8 Å². The maximum absolute atomic E-state index is 13.4. The number of thiophene rings is 2. The number of anilines is 1. The number of hydrogen-bond donors (Lipinski definition) is 2. The highest BCUT2D eigenvalue weighted by Gasteiger charge is 2.27. The number of benzene rings is 1. The molecule has 0 saturated heterocycles. The van der Waals surface area contributed by atoms with Crippen molar-refractivity contribution in [2.24, 2.45) is 11.7 Å². The summed E-state index contributed by atoms with van der Waals surface area (Å²) in [5, 5.41) is 5.76. The molecular formula is C26H26N4O3S2. The van der Waals surface area contributed by atoms with Gasteiger partial charge in [0.1, 0.15) is 16.4 Å². The Bertz CT molecular complexity index is 1550. The first-order chi connectivity index (χ1) is 16.7. The summed E-state index contributed by atoms with van der Waals surface area (Å²) in [5.74, 6) is -0.409. The van der Waals surface area contributed by atoms with E-state index in [0.29, 0.717) is 26.7 Å². The Morgan fingerprint density at radius 1 is 1.26 bits per heavy atom. The molecule has 35 heavy (non-hydrogen) atoms. The van der Waals surface area contributed by atoms with Crippen LogP contribution >= 0.6 is 22.7 Å². The molecule has 0 fully saturated rings. The molecule has 0 radical (unpaired) electrons. The molecule has 5 rings (SSSR count). The minimum absolute atomic E-state index is 0.207. The van der Waals surface area contributed by atoms with Crippen LogP contribution in [0.25, 0.3) is 21.3 Å². The molecule has 1 aliphatic carbocycles. The number of hydrogen-bond acceptors (Lipinski definition) is 6. The van der Waals surface area contributed by atoms with E-state index >= 15 is 0 Å². The van der Waals surface area contributed by atoms with E-state index in [2.05, 4.69) is 23.3 Å². The fourth-order valence-electron chi connectivity index (χ4n) is 4.81. The predicted octanol–water partition coefficient (Wildman–Crippen LogP) is 4.67. The second-order valence-corrected chi connectivity index (χ2v) is 11.3. The highest BCUT2D eigenvalue weighted by atomic mass is 32.1. The van der Waals surface area contributed by atoms with Crippen LogP contribution in [-0.2, 0) is 24.2 Å². The van der Waals surface area contributed by atoms with Gasteiger partial charge in [-0.25, -0.2) is 4.98 Å². The highest BCUT2D eigenvalue weighted by molar-refractivity contribution is 7.17. The summed E-state index contributed by atoms with van der Waals surface area (Å²) in [4.78, 5) is 44.7. The molecule has 0 bridgehead atoms. The molecule has 2 amide bonds. The van der Waals surface area contributed by atoms with Crippen molar-refractivity contribution in [1.82, 2.24) is 9.55 Å². The van der Waals surface area contributed by atoms with Crippen LogP contribution in [0.15, 0.2) is 34.7 Å². The lowest BCUT2D eigenvalue weighted by molar-refractivity contribution is -0.116. The predicted molar refractivity (Wildman–Crippen MR) is 141 cm³/mol. The normalized spacial score (nSPS) is 15.2. The third-order valence-electron chi connectivity index (χ3n) is 6.56. The van der Waals surface area contributed by atoms with Gasteiger partial charge in [0.05, 0.1) is 17.3 Å². The molecule has 9 heteroatoms. The van der Waals surface area contributed by atoms with Crippen molar-refractivity contribution in [3.8, 4) is 11.1 Å². The molecule has 180 valence electrons. The number of aryl methyl sites for hydroxylation is 2. The van der Waals surface area contributed by atoms with Gasteiger partial charge >= 0.3 is 0 Å². The van der Waals surface area contributed by atoms with E-state index in [-0.39, 0.29) is 12.1 Å². The molecule has 0 saturated carbocycles. The van der Waals surface area contributed by atoms with Gasteiger partial charge < -0.3 is 11.1 Å². The molecule has 1 unspecified atom stereocenters. The Balaban J connectivity index is 1.46. The number of primary amides is 1. The molecule has 7 nitrogen and oxygen atoms in total. The SMILES string of the molecule is Cc1ccc(-c2csc3ncn(CC(=O)Nc4sc5c(c4C(N)=O)CCC(C)C5)c(=O)c23)c(C)c1. The first-order valence-electron chi connectivity index (χ1n) is 11.5. The molecule has 0 aliphatic heterocycles. The highest BCUT2D eigenvalue weighted by Crippen LogP contribution is 2.39. The quantitative estimate of drug-likeness (QED) is 0.410. The van der Waals surface area contributed by atoms with Gasteiger partial charge in [-0.3, -0.25) is 19.0 Å². The van der Waals surface area contributed by atoms with E-state index in [1.807, 2.05) is 31.4 Å². The van der Waals surface area contributed by atoms with Crippen LogP contribution in [0.3, 0.4) is 0 Å². The smallest absolute Gasteiger partial charge is 0.263 e. The van der Waals surface area contributed by atoms with Crippen LogP contribution in [0.2, 0.25) is 0 Å². The second kappa shape index (κ2) is 9.05. The number of nitrogens with zero attached hydrogens (tertiary/aromatic N) is 2. The van der Waals surface area contributed by atoms with Gasteiger partial charge in [-0.15, -0.1) is 22.7 Å². The van der Waals surface area contributed by atoms with Gasteiger partial charge in [0.25, 0.3) is 11.5 Å². The van der Waals surface area contributed by atoms with Gasteiger partial charge in [0.15, 0.2) is 0 Å². The Hall–Kier alpha value is -3.30. The topological polar surface area (TPSA) is 107 Å². The summed E-state index contributed by atoms with van der Waals surface area (Å²) < 4.78 is 1.32. The van der Waals surface area contributed by atoms with Crippen molar-refractivity contribution in [1.29, 1.82) is 0 Å². The van der Waals surface area contributed by atoms with Gasteiger partial charge in [-0.2, -0.15) is 0 Å². The lowest BCUT2D eigenvalue weighted by Gasteiger charge is -2.18. The molecule has 4 aromatic rings. The fourth-order valence-corrected chi connectivity index (χ4v) is 7.14. The number of carbonyl (C=O) groups excluding carboxylic acids is 2. The number of nitrogens with one attached hydrogen (secondary N) is 1. The van der Waals surface area contributed by atoms with Crippen LogP contribution in [-0.4, -0.2) is 21.4 Å². The van der Waals surface area contributed by atoms with Gasteiger partial charge in [-0.05, 0) is 55.7 Å². The van der Waals surface area contributed by atoms with Crippen molar-refractivity contribution in [3.05, 3.63) is 67.4 Å². The Kier molecular flexibility index (Phi) is 6.06. The third-order valence-corrected chi connectivity index (χ3v) is 8.61. The minimum Gasteiger partial charge on any atom is -0.365 e. The first-order valence-corrected chi connectivity index (χ1v) is 13.2. The van der Waals surface area contributed by atoms with Crippen molar-refractivity contribution in [2.75, 3.05) is 5.32 Å². The van der Waals surface area contributed by atoms with Crippen LogP contribution < -0.4 is 16.6 Å². The molecule has 3 heterocycles. The Labute approximate surface area is 210 Å². The van der Waals surface area contributed by atoms with E-state index < -0.39 is 11.8 Å². The van der Waals surface area contributed by atoms with E-state index in [4.69, 9.17) is 5.73 Å². The van der Waals surface area contributed by atoms with Crippen molar-refractivity contribution < 1.29 is 9.59 Å². The molecule has 3 N–H and O–H groups in total. The largest absolute Gasteiger partial charge is 0.365 e. The van der Waals surface area contributed by atoms with Crippen molar-refractivity contribution >= 4 is 49.7 Å². The monoisotopic (exact) mass is 506 g/mol. The van der Waals surface area contributed by atoms with Gasteiger partial charge in [-0.1, -0.05) is 30.7 Å². The molecular weight excluding hydrogens is 480 g/mol. The van der Waals surface area contributed by atoms with E-state index in [1.54, 1.807) is 0 Å². The van der Waals surface area contributed by atoms with E-state index in [9.17, 15) is 14.4 Å². The van der Waals surface area contributed by atoms with Crippen LogP contribution in [0.4, 0.5) is 5.00 Å². The number of rotatable bonds is 5. The average molecular weight is 507 g/mol. The molecule has 1 atom stereocenters.